The highest BCUT2D eigenvalue weighted by Crippen LogP contribution is 2.19. The number of esters is 1. The van der Waals surface area contributed by atoms with Gasteiger partial charge in [-0.1, -0.05) is 24.3 Å². The largest absolute Gasteiger partial charge is 0.496 e. The van der Waals surface area contributed by atoms with E-state index in [9.17, 15) is 14.0 Å². The van der Waals surface area contributed by atoms with E-state index in [-0.39, 0.29) is 25.4 Å². The monoisotopic (exact) mass is 359 g/mol. The number of hydrogen-bond acceptors (Lipinski definition) is 4. The van der Waals surface area contributed by atoms with Crippen LogP contribution in [0.4, 0.5) is 4.39 Å². The molecule has 0 aromatic heterocycles. The molecule has 2 aromatic rings. The predicted octanol–water partition coefficient (Wildman–Crippen LogP) is 2.85. The Kier molecular flexibility index (Phi) is 6.72. The van der Waals surface area contributed by atoms with Gasteiger partial charge in [-0.05, 0) is 48.2 Å². The number of amides is 1. The van der Waals surface area contributed by atoms with Crippen molar-refractivity contribution in [3.05, 3.63) is 64.5 Å². The minimum absolute atomic E-state index is 0.0487. The van der Waals surface area contributed by atoms with Gasteiger partial charge in [-0.25, -0.2) is 4.39 Å². The van der Waals surface area contributed by atoms with Crippen LogP contribution in [0.2, 0.25) is 0 Å². The van der Waals surface area contributed by atoms with Crippen LogP contribution in [0.5, 0.6) is 5.75 Å². The Labute approximate surface area is 152 Å². The van der Waals surface area contributed by atoms with E-state index in [0.717, 1.165) is 11.1 Å². The maximum atomic E-state index is 13.5. The van der Waals surface area contributed by atoms with Crippen LogP contribution in [-0.4, -0.2) is 25.6 Å². The van der Waals surface area contributed by atoms with Crippen LogP contribution < -0.4 is 10.1 Å². The Balaban J connectivity index is 1.77. The lowest BCUT2D eigenvalue weighted by Gasteiger charge is -2.09. The molecule has 0 atom stereocenters. The van der Waals surface area contributed by atoms with E-state index in [1.165, 1.54) is 6.07 Å². The third kappa shape index (κ3) is 5.58. The molecule has 138 valence electrons. The van der Waals surface area contributed by atoms with E-state index in [0.29, 0.717) is 16.9 Å². The number of carbonyl (C=O) groups excluding carboxylic acids is 2. The van der Waals surface area contributed by atoms with Crippen LogP contribution in [0.15, 0.2) is 36.4 Å². The number of carbonyl (C=O) groups is 2. The number of methoxy groups -OCH3 is 1. The van der Waals surface area contributed by atoms with Crippen molar-refractivity contribution in [2.75, 3.05) is 13.7 Å². The fourth-order valence-corrected chi connectivity index (χ4v) is 2.34. The van der Waals surface area contributed by atoms with Crippen molar-refractivity contribution in [1.82, 2.24) is 5.32 Å². The Morgan fingerprint density at radius 2 is 1.73 bits per heavy atom. The van der Waals surface area contributed by atoms with Crippen molar-refractivity contribution in [3.63, 3.8) is 0 Å². The molecule has 0 aliphatic carbocycles. The maximum Gasteiger partial charge on any atom is 0.310 e. The molecule has 1 amide bonds. The average molecular weight is 359 g/mol. The summed E-state index contributed by atoms with van der Waals surface area (Å²) < 4.78 is 23.6. The summed E-state index contributed by atoms with van der Waals surface area (Å²) in [7, 11) is 1.56. The van der Waals surface area contributed by atoms with Gasteiger partial charge >= 0.3 is 5.97 Å². The standard InChI is InChI=1S/C20H22FNO4/c1-13-4-7-16(8-17(13)21)11-22-19(23)12-26-20(24)10-15-6-5-14(2)18(9-15)25-3/h4-9H,10-12H2,1-3H3,(H,22,23). The van der Waals surface area contributed by atoms with Gasteiger partial charge in [-0.15, -0.1) is 0 Å². The van der Waals surface area contributed by atoms with Crippen molar-refractivity contribution in [3.8, 4) is 5.75 Å². The van der Waals surface area contributed by atoms with Gasteiger partial charge in [0.1, 0.15) is 11.6 Å². The van der Waals surface area contributed by atoms with Gasteiger partial charge in [-0.3, -0.25) is 9.59 Å². The van der Waals surface area contributed by atoms with Crippen LogP contribution >= 0.6 is 0 Å². The minimum atomic E-state index is -0.507. The first kappa shape index (κ1) is 19.4. The normalized spacial score (nSPS) is 10.3. The lowest BCUT2D eigenvalue weighted by molar-refractivity contribution is -0.147. The highest BCUT2D eigenvalue weighted by Gasteiger charge is 2.10. The van der Waals surface area contributed by atoms with Gasteiger partial charge in [0.2, 0.25) is 0 Å². The van der Waals surface area contributed by atoms with Crippen LogP contribution in [0.1, 0.15) is 22.3 Å². The SMILES string of the molecule is COc1cc(CC(=O)OCC(=O)NCc2ccc(C)c(F)c2)ccc1C. The first-order valence-corrected chi connectivity index (χ1v) is 8.20. The number of rotatable bonds is 7. The van der Waals surface area contributed by atoms with Crippen molar-refractivity contribution < 1.29 is 23.5 Å². The highest BCUT2D eigenvalue weighted by molar-refractivity contribution is 5.81. The highest BCUT2D eigenvalue weighted by atomic mass is 19.1. The second-order valence-corrected chi connectivity index (χ2v) is 6.00. The van der Waals surface area contributed by atoms with E-state index >= 15 is 0 Å². The molecule has 0 aliphatic rings. The number of ether oxygens (including phenoxy) is 2. The van der Waals surface area contributed by atoms with Crippen LogP contribution in [0.3, 0.4) is 0 Å². The molecule has 0 bridgehead atoms. The molecule has 26 heavy (non-hydrogen) atoms. The number of halogens is 1. The molecule has 0 unspecified atom stereocenters. The predicted molar refractivity (Wildman–Crippen MR) is 95.4 cm³/mol. The van der Waals surface area contributed by atoms with E-state index < -0.39 is 11.9 Å². The number of hydrogen-bond donors (Lipinski definition) is 1. The molecule has 1 N–H and O–H groups in total. The molecule has 6 heteroatoms. The molecule has 5 nitrogen and oxygen atoms in total. The van der Waals surface area contributed by atoms with Gasteiger partial charge in [0.25, 0.3) is 5.91 Å². The summed E-state index contributed by atoms with van der Waals surface area (Å²) >= 11 is 0. The zero-order valence-corrected chi connectivity index (χ0v) is 15.1. The van der Waals surface area contributed by atoms with Gasteiger partial charge in [-0.2, -0.15) is 0 Å². The van der Waals surface area contributed by atoms with Gasteiger partial charge < -0.3 is 14.8 Å². The molecule has 0 heterocycles. The van der Waals surface area contributed by atoms with Crippen molar-refractivity contribution in [1.29, 1.82) is 0 Å². The summed E-state index contributed by atoms with van der Waals surface area (Å²) in [6, 6.07) is 10.2. The fraction of sp³-hybridized carbons (Fsp3) is 0.300. The summed E-state index contributed by atoms with van der Waals surface area (Å²) in [5.74, 6) is -0.580. The number of nitrogens with one attached hydrogen (secondary N) is 1. The van der Waals surface area contributed by atoms with E-state index in [1.54, 1.807) is 32.2 Å². The lowest BCUT2D eigenvalue weighted by Crippen LogP contribution is -2.28. The minimum Gasteiger partial charge on any atom is -0.496 e. The Bertz CT molecular complexity index is 804. The van der Waals surface area contributed by atoms with Gasteiger partial charge in [0.15, 0.2) is 6.61 Å². The first-order chi connectivity index (χ1) is 12.4. The van der Waals surface area contributed by atoms with Crippen LogP contribution in [0, 0.1) is 19.7 Å². The van der Waals surface area contributed by atoms with E-state index in [1.807, 2.05) is 19.1 Å². The maximum absolute atomic E-state index is 13.5. The Hall–Kier alpha value is -2.89. The second kappa shape index (κ2) is 8.99. The van der Waals surface area contributed by atoms with E-state index in [4.69, 9.17) is 9.47 Å². The molecule has 0 saturated carbocycles. The zero-order valence-electron chi connectivity index (χ0n) is 15.1. The summed E-state index contributed by atoms with van der Waals surface area (Å²) in [4.78, 5) is 23.6. The van der Waals surface area contributed by atoms with Crippen molar-refractivity contribution in [2.45, 2.75) is 26.8 Å². The third-order valence-corrected chi connectivity index (χ3v) is 3.91. The topological polar surface area (TPSA) is 64.6 Å². The average Bonchev–Trinajstić information content (AvgIpc) is 2.62. The second-order valence-electron chi connectivity index (χ2n) is 6.00. The molecular weight excluding hydrogens is 337 g/mol. The third-order valence-electron chi connectivity index (χ3n) is 3.91. The quantitative estimate of drug-likeness (QED) is 0.772. The number of aryl methyl sites for hydroxylation is 2. The molecule has 0 aliphatic heterocycles. The summed E-state index contributed by atoms with van der Waals surface area (Å²) in [5, 5.41) is 2.59. The Morgan fingerprint density at radius 3 is 2.42 bits per heavy atom. The van der Waals surface area contributed by atoms with Gasteiger partial charge in [0.05, 0.1) is 13.5 Å². The fourth-order valence-electron chi connectivity index (χ4n) is 2.34. The zero-order chi connectivity index (χ0) is 19.1. The summed E-state index contributed by atoms with van der Waals surface area (Å²) in [5.41, 5.74) is 2.89. The van der Waals surface area contributed by atoms with E-state index in [2.05, 4.69) is 5.32 Å². The molecule has 2 rings (SSSR count). The van der Waals surface area contributed by atoms with Crippen LogP contribution in [-0.2, 0) is 27.3 Å². The summed E-state index contributed by atoms with van der Waals surface area (Å²) in [6.45, 7) is 3.37. The van der Waals surface area contributed by atoms with Crippen molar-refractivity contribution in [2.24, 2.45) is 0 Å². The molecular formula is C20H22FNO4. The van der Waals surface area contributed by atoms with Gasteiger partial charge in [0, 0.05) is 6.54 Å². The first-order valence-electron chi connectivity index (χ1n) is 8.20. The Morgan fingerprint density at radius 1 is 1.04 bits per heavy atom. The molecule has 0 radical (unpaired) electrons. The molecule has 0 saturated heterocycles. The lowest BCUT2D eigenvalue weighted by atomic mass is 10.1. The number of benzene rings is 2. The van der Waals surface area contributed by atoms with Crippen LogP contribution in [0.25, 0.3) is 0 Å². The summed E-state index contributed by atoms with van der Waals surface area (Å²) in [6.07, 6.45) is 0.0487. The van der Waals surface area contributed by atoms with Crippen molar-refractivity contribution >= 4 is 11.9 Å². The smallest absolute Gasteiger partial charge is 0.310 e. The molecule has 2 aromatic carbocycles. The molecule has 0 spiro atoms. The molecule has 0 fully saturated rings.